The normalized spacial score (nSPS) is 34.8. The van der Waals surface area contributed by atoms with E-state index in [1.807, 2.05) is 0 Å². The molecule has 1 saturated heterocycles. The smallest absolute Gasteiger partial charge is 0.0695 e. The predicted molar refractivity (Wildman–Crippen MR) is 62.9 cm³/mol. The molecule has 2 rings (SSSR count). The molecule has 0 aromatic heterocycles. The minimum absolute atomic E-state index is 0.0462. The van der Waals surface area contributed by atoms with E-state index >= 15 is 0 Å². The van der Waals surface area contributed by atoms with Gasteiger partial charge in [0.15, 0.2) is 0 Å². The van der Waals surface area contributed by atoms with E-state index in [0.717, 1.165) is 12.3 Å². The summed E-state index contributed by atoms with van der Waals surface area (Å²) in [5, 5.41) is 10.1. The summed E-state index contributed by atoms with van der Waals surface area (Å²) in [6, 6.07) is 0.487. The van der Waals surface area contributed by atoms with Crippen LogP contribution in [0.1, 0.15) is 51.9 Å². The molecule has 0 amide bonds. The summed E-state index contributed by atoms with van der Waals surface area (Å²) < 4.78 is 0. The Bertz CT molecular complexity index is 189. The van der Waals surface area contributed by atoms with Gasteiger partial charge in [0.05, 0.1) is 6.10 Å². The molecule has 2 unspecified atom stereocenters. The average molecular weight is 211 g/mol. The van der Waals surface area contributed by atoms with E-state index in [1.165, 1.54) is 51.6 Å². The minimum atomic E-state index is -0.0462. The van der Waals surface area contributed by atoms with Gasteiger partial charge in [0, 0.05) is 19.1 Å². The number of rotatable bonds is 3. The number of hydrogen-bond acceptors (Lipinski definition) is 2. The third-order valence-corrected chi connectivity index (χ3v) is 4.10. The Labute approximate surface area is 93.7 Å². The van der Waals surface area contributed by atoms with Crippen molar-refractivity contribution in [2.24, 2.45) is 5.92 Å². The second kappa shape index (κ2) is 5.31. The lowest BCUT2D eigenvalue weighted by Gasteiger charge is -2.45. The van der Waals surface area contributed by atoms with Crippen LogP contribution in [0.25, 0.3) is 0 Å². The lowest BCUT2D eigenvalue weighted by Crippen LogP contribution is -2.55. The van der Waals surface area contributed by atoms with Crippen LogP contribution >= 0.6 is 0 Å². The third kappa shape index (κ3) is 2.73. The lowest BCUT2D eigenvalue weighted by atomic mass is 9.90. The highest BCUT2D eigenvalue weighted by Gasteiger charge is 2.35. The number of aliphatic hydroxyl groups excluding tert-OH is 1. The molecule has 2 heteroatoms. The van der Waals surface area contributed by atoms with Crippen LogP contribution < -0.4 is 0 Å². The number of likely N-dealkylation sites (tertiary alicyclic amines) is 1. The minimum Gasteiger partial charge on any atom is -0.391 e. The van der Waals surface area contributed by atoms with Gasteiger partial charge in [-0.05, 0) is 25.2 Å². The Balaban J connectivity index is 1.78. The van der Waals surface area contributed by atoms with Crippen LogP contribution in [-0.4, -0.2) is 35.2 Å². The molecule has 0 spiro atoms. The van der Waals surface area contributed by atoms with Gasteiger partial charge >= 0.3 is 0 Å². The second-order valence-corrected chi connectivity index (χ2v) is 5.38. The van der Waals surface area contributed by atoms with Crippen molar-refractivity contribution in [2.45, 2.75) is 64.0 Å². The van der Waals surface area contributed by atoms with Crippen molar-refractivity contribution in [2.75, 3.05) is 13.1 Å². The molecule has 2 fully saturated rings. The third-order valence-electron chi connectivity index (χ3n) is 4.10. The van der Waals surface area contributed by atoms with Crippen molar-refractivity contribution in [1.82, 2.24) is 4.90 Å². The van der Waals surface area contributed by atoms with Gasteiger partial charge in [-0.3, -0.25) is 4.90 Å². The standard InChI is InChI=1S/C13H25NO/c1-2-6-11-9-14(10-11)12-7-4-3-5-8-13(12)15/h11-13,15H,2-10H2,1H3. The van der Waals surface area contributed by atoms with Crippen LogP contribution in [0.5, 0.6) is 0 Å². The maximum absolute atomic E-state index is 10.1. The van der Waals surface area contributed by atoms with Crippen LogP contribution in [-0.2, 0) is 0 Å². The number of hydrogen-bond donors (Lipinski definition) is 1. The molecule has 0 aromatic carbocycles. The zero-order valence-electron chi connectivity index (χ0n) is 9.99. The molecule has 1 aliphatic carbocycles. The Kier molecular flexibility index (Phi) is 4.04. The fourth-order valence-electron chi connectivity index (χ4n) is 3.17. The molecule has 1 saturated carbocycles. The first-order chi connectivity index (χ1) is 7.31. The topological polar surface area (TPSA) is 23.5 Å². The van der Waals surface area contributed by atoms with Crippen molar-refractivity contribution in [3.63, 3.8) is 0 Å². The maximum atomic E-state index is 10.1. The van der Waals surface area contributed by atoms with Crippen LogP contribution in [0.3, 0.4) is 0 Å². The van der Waals surface area contributed by atoms with E-state index in [4.69, 9.17) is 0 Å². The Morgan fingerprint density at radius 3 is 2.60 bits per heavy atom. The van der Waals surface area contributed by atoms with E-state index in [2.05, 4.69) is 11.8 Å². The monoisotopic (exact) mass is 211 g/mol. The lowest BCUT2D eigenvalue weighted by molar-refractivity contribution is -0.0216. The highest BCUT2D eigenvalue weighted by atomic mass is 16.3. The second-order valence-electron chi connectivity index (χ2n) is 5.38. The van der Waals surface area contributed by atoms with Crippen LogP contribution in [0.4, 0.5) is 0 Å². The van der Waals surface area contributed by atoms with E-state index in [1.54, 1.807) is 0 Å². The van der Waals surface area contributed by atoms with Crippen molar-refractivity contribution in [1.29, 1.82) is 0 Å². The maximum Gasteiger partial charge on any atom is 0.0695 e. The summed E-state index contributed by atoms with van der Waals surface area (Å²) in [4.78, 5) is 2.52. The van der Waals surface area contributed by atoms with E-state index in [-0.39, 0.29) is 6.10 Å². The zero-order valence-corrected chi connectivity index (χ0v) is 9.99. The average Bonchev–Trinajstić information content (AvgIpc) is 2.36. The van der Waals surface area contributed by atoms with Crippen molar-refractivity contribution in [3.05, 3.63) is 0 Å². The highest BCUT2D eigenvalue weighted by Crippen LogP contribution is 2.29. The first-order valence-corrected chi connectivity index (χ1v) is 6.73. The van der Waals surface area contributed by atoms with Gasteiger partial charge in [-0.2, -0.15) is 0 Å². The van der Waals surface area contributed by atoms with Gasteiger partial charge in [0.2, 0.25) is 0 Å². The largest absolute Gasteiger partial charge is 0.391 e. The first kappa shape index (κ1) is 11.4. The molecule has 2 nitrogen and oxygen atoms in total. The van der Waals surface area contributed by atoms with E-state index in [0.29, 0.717) is 6.04 Å². The summed E-state index contributed by atoms with van der Waals surface area (Å²) >= 11 is 0. The predicted octanol–water partition coefficient (Wildman–Crippen LogP) is 2.41. The SMILES string of the molecule is CCCC1CN(C2CCCCCC2O)C1. The zero-order chi connectivity index (χ0) is 10.7. The number of aliphatic hydroxyl groups is 1. The summed E-state index contributed by atoms with van der Waals surface area (Å²) in [5.74, 6) is 0.922. The summed E-state index contributed by atoms with van der Waals surface area (Å²) in [7, 11) is 0. The molecule has 0 aromatic rings. The van der Waals surface area contributed by atoms with E-state index < -0.39 is 0 Å². The Morgan fingerprint density at radius 1 is 1.13 bits per heavy atom. The van der Waals surface area contributed by atoms with Gasteiger partial charge in [-0.1, -0.05) is 32.6 Å². The van der Waals surface area contributed by atoms with Gasteiger partial charge in [-0.25, -0.2) is 0 Å². The molecule has 1 N–H and O–H groups in total. The fraction of sp³-hybridized carbons (Fsp3) is 1.00. The molecule has 88 valence electrons. The van der Waals surface area contributed by atoms with Crippen LogP contribution in [0.2, 0.25) is 0 Å². The summed E-state index contributed by atoms with van der Waals surface area (Å²) in [6.07, 6.45) is 8.75. The Morgan fingerprint density at radius 2 is 1.87 bits per heavy atom. The van der Waals surface area contributed by atoms with Crippen molar-refractivity contribution in [3.8, 4) is 0 Å². The summed E-state index contributed by atoms with van der Waals surface area (Å²) in [5.41, 5.74) is 0. The fourth-order valence-corrected chi connectivity index (χ4v) is 3.17. The molecule has 0 radical (unpaired) electrons. The van der Waals surface area contributed by atoms with Crippen molar-refractivity contribution < 1.29 is 5.11 Å². The molecule has 2 atom stereocenters. The molecular weight excluding hydrogens is 186 g/mol. The van der Waals surface area contributed by atoms with Crippen LogP contribution in [0.15, 0.2) is 0 Å². The van der Waals surface area contributed by atoms with Crippen LogP contribution in [0, 0.1) is 5.92 Å². The molecule has 1 aliphatic heterocycles. The van der Waals surface area contributed by atoms with Gasteiger partial charge in [0.1, 0.15) is 0 Å². The molecule has 1 heterocycles. The highest BCUT2D eigenvalue weighted by molar-refractivity contribution is 4.89. The summed E-state index contributed by atoms with van der Waals surface area (Å²) in [6.45, 7) is 4.76. The van der Waals surface area contributed by atoms with E-state index in [9.17, 15) is 5.11 Å². The van der Waals surface area contributed by atoms with Crippen molar-refractivity contribution >= 4 is 0 Å². The quantitative estimate of drug-likeness (QED) is 0.725. The molecule has 0 bridgehead atoms. The molecule has 15 heavy (non-hydrogen) atoms. The first-order valence-electron chi connectivity index (χ1n) is 6.73. The molecule has 2 aliphatic rings. The van der Waals surface area contributed by atoms with Gasteiger partial charge in [-0.15, -0.1) is 0 Å². The van der Waals surface area contributed by atoms with Gasteiger partial charge in [0.25, 0.3) is 0 Å². The Hall–Kier alpha value is -0.0800. The van der Waals surface area contributed by atoms with Gasteiger partial charge < -0.3 is 5.11 Å². The number of nitrogens with zero attached hydrogens (tertiary/aromatic N) is 1. The molecular formula is C13H25NO.